The van der Waals surface area contributed by atoms with Crippen molar-refractivity contribution in [1.29, 1.82) is 5.26 Å². The number of carbonyl (C=O) groups excluding carboxylic acids is 2. The number of esters is 1. The van der Waals surface area contributed by atoms with Gasteiger partial charge in [-0.15, -0.1) is 0 Å². The van der Waals surface area contributed by atoms with Crippen molar-refractivity contribution in [3.05, 3.63) is 31.0 Å². The number of carbonyl (C=O) groups is 2. The maximum absolute atomic E-state index is 13.8. The minimum absolute atomic E-state index is 0.0689. The topological polar surface area (TPSA) is 117 Å². The van der Waals surface area contributed by atoms with E-state index in [1.165, 1.54) is 6.08 Å². The number of hydrogen-bond acceptors (Lipinski definition) is 9. The molecule has 2 N–H and O–H groups in total. The minimum Gasteiger partial charge on any atom is -0.461 e. The summed E-state index contributed by atoms with van der Waals surface area (Å²) in [5.41, 5.74) is 0.962. The molecule has 2 saturated carbocycles. The highest BCUT2D eigenvalue weighted by molar-refractivity contribution is 8.00. The summed E-state index contributed by atoms with van der Waals surface area (Å²) in [6.07, 6.45) is 5.81. The molecule has 2 aliphatic carbocycles. The molecule has 1 aromatic heterocycles. The van der Waals surface area contributed by atoms with Crippen molar-refractivity contribution in [2.45, 2.75) is 48.8 Å². The summed E-state index contributed by atoms with van der Waals surface area (Å²) in [6, 6.07) is 6.10. The third kappa shape index (κ3) is 5.32. The van der Waals surface area contributed by atoms with Crippen molar-refractivity contribution in [3.8, 4) is 6.07 Å². The van der Waals surface area contributed by atoms with Gasteiger partial charge in [-0.1, -0.05) is 12.7 Å². The molecule has 9 nitrogen and oxygen atoms in total. The molecule has 2 heterocycles. The van der Waals surface area contributed by atoms with Crippen molar-refractivity contribution in [2.24, 2.45) is 17.8 Å². The molecule has 1 amide bonds. The lowest BCUT2D eigenvalue weighted by Crippen LogP contribution is -2.65. The lowest BCUT2D eigenvalue weighted by molar-refractivity contribution is -0.160. The van der Waals surface area contributed by atoms with Gasteiger partial charge in [0, 0.05) is 54.7 Å². The van der Waals surface area contributed by atoms with Gasteiger partial charge in [-0.3, -0.25) is 9.59 Å². The van der Waals surface area contributed by atoms with Crippen LogP contribution >= 0.6 is 11.8 Å². The Morgan fingerprint density at radius 3 is 3.00 bits per heavy atom. The lowest BCUT2D eigenvalue weighted by atomic mass is 9.68. The van der Waals surface area contributed by atoms with Gasteiger partial charge in [0.1, 0.15) is 12.4 Å². The van der Waals surface area contributed by atoms with Crippen molar-refractivity contribution >= 4 is 35.1 Å². The zero-order chi connectivity index (χ0) is 25.7. The van der Waals surface area contributed by atoms with E-state index in [2.05, 4.69) is 28.3 Å². The van der Waals surface area contributed by atoms with E-state index >= 15 is 0 Å². The summed E-state index contributed by atoms with van der Waals surface area (Å²) in [6.45, 7) is 7.42. The molecule has 7 unspecified atom stereocenters. The molecule has 3 aliphatic rings. The standard InChI is InChI=1S/C26H35N5O4S/c1-4-11-35-26(33)22-19(15-27)24-23(22)31(5-2)25(32)18-13-16(6-7-20(18)36-24)30-17-8-9-28-21(14-17)29-10-12-34-3/h4,8-9,14,16,18-20,22-24H,1,5-7,10-13H2,2-3H3,(H2,28,29,30). The largest absolute Gasteiger partial charge is 0.461 e. The van der Waals surface area contributed by atoms with E-state index in [9.17, 15) is 14.9 Å². The number of amides is 1. The first-order chi connectivity index (χ1) is 17.5. The van der Waals surface area contributed by atoms with Crippen LogP contribution in [0, 0.1) is 29.1 Å². The number of fused-ring (bicyclic) bond motifs is 2. The van der Waals surface area contributed by atoms with Crippen LogP contribution < -0.4 is 10.6 Å². The van der Waals surface area contributed by atoms with Crippen LogP contribution in [0.1, 0.15) is 26.2 Å². The van der Waals surface area contributed by atoms with Gasteiger partial charge in [0.05, 0.1) is 36.5 Å². The van der Waals surface area contributed by atoms with E-state index in [4.69, 9.17) is 9.47 Å². The second-order valence-electron chi connectivity index (χ2n) is 9.46. The number of hydrogen-bond donors (Lipinski definition) is 2. The minimum atomic E-state index is -0.605. The number of rotatable bonds is 10. The Kier molecular flexibility index (Phi) is 8.75. The molecule has 7 atom stereocenters. The molecule has 3 fully saturated rings. The average molecular weight is 514 g/mol. The fourth-order valence-corrected chi connectivity index (χ4v) is 7.63. The Balaban J connectivity index is 1.46. The number of nitrogens with zero attached hydrogens (tertiary/aromatic N) is 3. The summed E-state index contributed by atoms with van der Waals surface area (Å²) >= 11 is 1.74. The van der Waals surface area contributed by atoms with Gasteiger partial charge in [-0.2, -0.15) is 17.0 Å². The number of thioether (sulfide) groups is 1. The molecule has 1 saturated heterocycles. The molecule has 0 aromatic carbocycles. The first-order valence-electron chi connectivity index (χ1n) is 12.6. The molecular formula is C26H35N5O4S. The van der Waals surface area contributed by atoms with E-state index in [0.29, 0.717) is 26.1 Å². The monoisotopic (exact) mass is 513 g/mol. The molecule has 194 valence electrons. The van der Waals surface area contributed by atoms with Crippen molar-refractivity contribution in [2.75, 3.05) is 44.0 Å². The number of pyridine rings is 1. The number of anilines is 2. The average Bonchev–Trinajstić information content (AvgIpc) is 2.97. The first kappa shape index (κ1) is 26.3. The Labute approximate surface area is 217 Å². The van der Waals surface area contributed by atoms with E-state index < -0.39 is 17.8 Å². The number of aromatic nitrogens is 1. The summed E-state index contributed by atoms with van der Waals surface area (Å²) < 4.78 is 10.4. The molecule has 0 spiro atoms. The molecule has 1 aliphatic heterocycles. The van der Waals surface area contributed by atoms with Crippen molar-refractivity contribution in [1.82, 2.24) is 9.88 Å². The smallest absolute Gasteiger partial charge is 0.312 e. The van der Waals surface area contributed by atoms with Gasteiger partial charge in [0.25, 0.3) is 0 Å². The molecule has 0 radical (unpaired) electrons. The summed E-state index contributed by atoms with van der Waals surface area (Å²) in [4.78, 5) is 32.7. The Hall–Kier alpha value is -2.77. The fraction of sp³-hybridized carbons (Fsp3) is 0.615. The predicted molar refractivity (Wildman–Crippen MR) is 139 cm³/mol. The molecule has 1 aromatic rings. The Morgan fingerprint density at radius 2 is 2.28 bits per heavy atom. The van der Waals surface area contributed by atoms with Gasteiger partial charge >= 0.3 is 5.97 Å². The van der Waals surface area contributed by atoms with Gasteiger partial charge < -0.3 is 25.0 Å². The second-order valence-corrected chi connectivity index (χ2v) is 10.9. The van der Waals surface area contributed by atoms with Crippen molar-refractivity contribution < 1.29 is 19.1 Å². The summed E-state index contributed by atoms with van der Waals surface area (Å²) in [5.74, 6) is -0.759. The van der Waals surface area contributed by atoms with Crippen LogP contribution in [0.5, 0.6) is 0 Å². The highest BCUT2D eigenvalue weighted by Gasteiger charge is 2.62. The normalized spacial score (nSPS) is 31.1. The van der Waals surface area contributed by atoms with Crippen LogP contribution in [0.2, 0.25) is 0 Å². The molecule has 0 bridgehead atoms. The molecular weight excluding hydrogens is 478 g/mol. The molecule has 10 heteroatoms. The Morgan fingerprint density at radius 1 is 1.44 bits per heavy atom. The fourth-order valence-electron chi connectivity index (χ4n) is 5.66. The van der Waals surface area contributed by atoms with Gasteiger partial charge in [0.15, 0.2) is 0 Å². The zero-order valence-corrected chi connectivity index (χ0v) is 21.7. The number of methoxy groups -OCH3 is 1. The first-order valence-corrected chi connectivity index (χ1v) is 13.5. The SMILES string of the molecule is C=CCOC(=O)C1C(C#N)C2SC3CCC(Nc4ccnc(NCCOC)c4)CC3C(=O)N(CC)C21. The maximum Gasteiger partial charge on any atom is 0.312 e. The van der Waals surface area contributed by atoms with Gasteiger partial charge in [-0.05, 0) is 32.3 Å². The van der Waals surface area contributed by atoms with Crippen LogP contribution in [0.25, 0.3) is 0 Å². The van der Waals surface area contributed by atoms with Gasteiger partial charge in [0.2, 0.25) is 5.91 Å². The van der Waals surface area contributed by atoms with Crippen LogP contribution in [0.4, 0.5) is 11.5 Å². The quantitative estimate of drug-likeness (QED) is 0.277. The van der Waals surface area contributed by atoms with E-state index in [1.807, 2.05) is 24.0 Å². The van der Waals surface area contributed by atoms with E-state index in [1.54, 1.807) is 25.1 Å². The predicted octanol–water partition coefficient (Wildman–Crippen LogP) is 2.92. The number of ether oxygens (including phenoxy) is 2. The third-order valence-electron chi connectivity index (χ3n) is 7.37. The second kappa shape index (κ2) is 12.0. The Bertz CT molecular complexity index is 1000. The van der Waals surface area contributed by atoms with Crippen LogP contribution in [-0.4, -0.2) is 77.8 Å². The van der Waals surface area contributed by atoms with E-state index in [-0.39, 0.29) is 41.0 Å². The summed E-state index contributed by atoms with van der Waals surface area (Å²) in [5, 5.41) is 16.8. The number of nitrogens with one attached hydrogen (secondary N) is 2. The van der Waals surface area contributed by atoms with Gasteiger partial charge in [-0.25, -0.2) is 4.98 Å². The summed E-state index contributed by atoms with van der Waals surface area (Å²) in [7, 11) is 1.66. The highest BCUT2D eigenvalue weighted by atomic mass is 32.2. The van der Waals surface area contributed by atoms with Crippen LogP contribution in [-0.2, 0) is 19.1 Å². The maximum atomic E-state index is 13.8. The molecule has 36 heavy (non-hydrogen) atoms. The third-order valence-corrected chi connectivity index (χ3v) is 9.17. The van der Waals surface area contributed by atoms with E-state index in [0.717, 1.165) is 24.3 Å². The van der Waals surface area contributed by atoms with Crippen molar-refractivity contribution in [3.63, 3.8) is 0 Å². The lowest BCUT2D eigenvalue weighted by Gasteiger charge is -2.50. The number of nitriles is 1. The zero-order valence-electron chi connectivity index (χ0n) is 20.9. The van der Waals surface area contributed by atoms with Crippen LogP contribution in [0.3, 0.4) is 0 Å². The molecule has 4 rings (SSSR count). The van der Waals surface area contributed by atoms with Crippen LogP contribution in [0.15, 0.2) is 31.0 Å². The highest BCUT2D eigenvalue weighted by Crippen LogP contribution is 2.53.